The molecule has 0 aliphatic heterocycles. The molecule has 0 fully saturated rings. The van der Waals surface area contributed by atoms with Crippen LogP contribution in [0.3, 0.4) is 0 Å². The summed E-state index contributed by atoms with van der Waals surface area (Å²) in [5, 5.41) is 0. The largest absolute Gasteiger partial charge is 0.496 e. The van der Waals surface area contributed by atoms with E-state index >= 15 is 0 Å². The van der Waals surface area contributed by atoms with Crippen molar-refractivity contribution < 1.29 is 9.53 Å². The van der Waals surface area contributed by atoms with Gasteiger partial charge < -0.3 is 4.74 Å². The van der Waals surface area contributed by atoms with Gasteiger partial charge in [-0.1, -0.05) is 24.1 Å². The number of carbonyl (C=O) groups excluding carboxylic acids is 1. The fourth-order valence-corrected chi connectivity index (χ4v) is 1.04. The first-order valence-corrected chi connectivity index (χ1v) is 3.92. The molecule has 0 bridgehead atoms. The predicted octanol–water partition coefficient (Wildman–Crippen LogP) is 1.44. The third-order valence-electron chi connectivity index (χ3n) is 1.63. The number of hydrogen-bond acceptors (Lipinski definition) is 2. The summed E-state index contributed by atoms with van der Waals surface area (Å²) in [6, 6.07) is 7.62. The Morgan fingerprint density at radius 1 is 1.46 bits per heavy atom. The number of methoxy groups -OCH3 is 1. The van der Waals surface area contributed by atoms with E-state index in [0.717, 1.165) is 11.3 Å². The van der Waals surface area contributed by atoms with Gasteiger partial charge in [0.15, 0.2) is 6.29 Å². The van der Waals surface area contributed by atoms with E-state index in [4.69, 9.17) is 4.74 Å². The number of para-hydroxylation sites is 1. The van der Waals surface area contributed by atoms with Crippen molar-refractivity contribution in [3.05, 3.63) is 29.8 Å². The number of benzene rings is 1. The lowest BCUT2D eigenvalue weighted by atomic mass is 10.1. The highest BCUT2D eigenvalue weighted by atomic mass is 16.5. The van der Waals surface area contributed by atoms with E-state index in [1.54, 1.807) is 7.11 Å². The molecule has 0 saturated carbocycles. The zero-order valence-electron chi connectivity index (χ0n) is 7.41. The molecule has 1 rings (SSSR count). The van der Waals surface area contributed by atoms with Gasteiger partial charge in [0.2, 0.25) is 0 Å². The molecule has 2 nitrogen and oxygen atoms in total. The summed E-state index contributed by atoms with van der Waals surface area (Å²) in [6.07, 6.45) is 1.14. The average Bonchev–Trinajstić information content (AvgIpc) is 2.19. The first kappa shape index (κ1) is 9.34. The molecular weight excluding hydrogens is 164 g/mol. The summed E-state index contributed by atoms with van der Waals surface area (Å²) in [7, 11) is 1.62. The highest BCUT2D eigenvalue weighted by Gasteiger charge is 1.97. The minimum atomic E-state index is 0.544. The van der Waals surface area contributed by atoms with Crippen LogP contribution in [0.1, 0.15) is 5.56 Å². The normalized spacial score (nSPS) is 8.38. The highest BCUT2D eigenvalue weighted by Crippen LogP contribution is 2.16. The van der Waals surface area contributed by atoms with Crippen LogP contribution in [-0.2, 0) is 11.2 Å². The number of hydrogen-bond donors (Lipinski definition) is 0. The van der Waals surface area contributed by atoms with Gasteiger partial charge >= 0.3 is 0 Å². The molecule has 0 aromatic heterocycles. The van der Waals surface area contributed by atoms with Gasteiger partial charge in [-0.05, 0) is 12.0 Å². The molecule has 0 unspecified atom stereocenters. The van der Waals surface area contributed by atoms with Crippen molar-refractivity contribution in [2.24, 2.45) is 0 Å². The summed E-state index contributed by atoms with van der Waals surface area (Å²) in [5.74, 6) is 5.90. The molecule has 0 N–H and O–H groups in total. The molecule has 0 atom stereocenters. The lowest BCUT2D eigenvalue weighted by Gasteiger charge is -2.03. The van der Waals surface area contributed by atoms with Gasteiger partial charge in [0.1, 0.15) is 5.75 Å². The van der Waals surface area contributed by atoms with Crippen molar-refractivity contribution in [3.8, 4) is 17.6 Å². The molecule has 66 valence electrons. The van der Waals surface area contributed by atoms with E-state index in [9.17, 15) is 4.79 Å². The SMILES string of the molecule is COc1ccccc1CC#CC=O. The van der Waals surface area contributed by atoms with Crippen LogP contribution in [0.2, 0.25) is 0 Å². The van der Waals surface area contributed by atoms with E-state index in [-0.39, 0.29) is 0 Å². The predicted molar refractivity (Wildman–Crippen MR) is 50.5 cm³/mol. The monoisotopic (exact) mass is 174 g/mol. The highest BCUT2D eigenvalue weighted by molar-refractivity contribution is 5.72. The zero-order valence-corrected chi connectivity index (χ0v) is 7.41. The van der Waals surface area contributed by atoms with Crippen LogP contribution in [0.25, 0.3) is 0 Å². The van der Waals surface area contributed by atoms with E-state index < -0.39 is 0 Å². The molecule has 0 saturated heterocycles. The number of aldehydes is 1. The molecule has 0 spiro atoms. The molecule has 13 heavy (non-hydrogen) atoms. The maximum atomic E-state index is 9.94. The van der Waals surface area contributed by atoms with Gasteiger partial charge in [0, 0.05) is 12.0 Å². The van der Waals surface area contributed by atoms with Crippen molar-refractivity contribution in [2.45, 2.75) is 6.42 Å². The van der Waals surface area contributed by atoms with Crippen LogP contribution in [0.4, 0.5) is 0 Å². The standard InChI is InChI=1S/C11H10O2/c1-13-11-8-3-2-6-10(11)7-4-5-9-12/h2-3,6,8-9H,7H2,1H3. The lowest BCUT2D eigenvalue weighted by molar-refractivity contribution is -0.103. The molecule has 0 radical (unpaired) electrons. The Balaban J connectivity index is 2.80. The van der Waals surface area contributed by atoms with Crippen LogP contribution in [0.5, 0.6) is 5.75 Å². The molecule has 0 amide bonds. The number of rotatable bonds is 2. The lowest BCUT2D eigenvalue weighted by Crippen LogP contribution is -1.89. The Labute approximate surface area is 77.5 Å². The minimum Gasteiger partial charge on any atom is -0.496 e. The topological polar surface area (TPSA) is 26.3 Å². The molecular formula is C11H10O2. The number of carbonyl (C=O) groups is 1. The molecule has 0 aliphatic rings. The number of ether oxygens (including phenoxy) is 1. The Kier molecular flexibility index (Phi) is 3.59. The van der Waals surface area contributed by atoms with Crippen LogP contribution >= 0.6 is 0 Å². The summed E-state index contributed by atoms with van der Waals surface area (Å²) in [5.41, 5.74) is 0.999. The second-order valence-electron chi connectivity index (χ2n) is 2.43. The summed E-state index contributed by atoms with van der Waals surface area (Å²) >= 11 is 0. The van der Waals surface area contributed by atoms with Crippen molar-refractivity contribution in [1.82, 2.24) is 0 Å². The second-order valence-corrected chi connectivity index (χ2v) is 2.43. The van der Waals surface area contributed by atoms with E-state index in [2.05, 4.69) is 11.8 Å². The van der Waals surface area contributed by atoms with Crippen LogP contribution < -0.4 is 4.74 Å². The molecule has 1 aromatic rings. The minimum absolute atomic E-state index is 0.544. The summed E-state index contributed by atoms with van der Waals surface area (Å²) in [6.45, 7) is 0. The molecule has 0 heterocycles. The Bertz CT molecular complexity index is 345. The van der Waals surface area contributed by atoms with Gasteiger partial charge in [0.05, 0.1) is 7.11 Å². The molecule has 2 heteroatoms. The van der Waals surface area contributed by atoms with Crippen molar-refractivity contribution in [1.29, 1.82) is 0 Å². The van der Waals surface area contributed by atoms with E-state index in [1.807, 2.05) is 24.3 Å². The van der Waals surface area contributed by atoms with Crippen molar-refractivity contribution in [3.63, 3.8) is 0 Å². The smallest absolute Gasteiger partial charge is 0.192 e. The fraction of sp³-hybridized carbons (Fsp3) is 0.182. The maximum absolute atomic E-state index is 9.94. The van der Waals surface area contributed by atoms with Crippen molar-refractivity contribution in [2.75, 3.05) is 7.11 Å². The quantitative estimate of drug-likeness (QED) is 0.501. The van der Waals surface area contributed by atoms with Gasteiger partial charge in [-0.15, -0.1) is 0 Å². The average molecular weight is 174 g/mol. The Morgan fingerprint density at radius 2 is 2.23 bits per heavy atom. The second kappa shape index (κ2) is 5.00. The maximum Gasteiger partial charge on any atom is 0.192 e. The van der Waals surface area contributed by atoms with Gasteiger partial charge in [-0.25, -0.2) is 0 Å². The fourth-order valence-electron chi connectivity index (χ4n) is 1.04. The first-order valence-electron chi connectivity index (χ1n) is 3.92. The van der Waals surface area contributed by atoms with Crippen molar-refractivity contribution >= 4 is 6.29 Å². The van der Waals surface area contributed by atoms with E-state index in [1.165, 1.54) is 0 Å². The third kappa shape index (κ3) is 2.64. The van der Waals surface area contributed by atoms with Gasteiger partial charge in [0.25, 0.3) is 0 Å². The third-order valence-corrected chi connectivity index (χ3v) is 1.63. The van der Waals surface area contributed by atoms with E-state index in [0.29, 0.717) is 12.7 Å². The van der Waals surface area contributed by atoms with Crippen LogP contribution in [0, 0.1) is 11.8 Å². The van der Waals surface area contributed by atoms with Crippen LogP contribution in [0.15, 0.2) is 24.3 Å². The van der Waals surface area contributed by atoms with Gasteiger partial charge in [-0.2, -0.15) is 0 Å². The summed E-state index contributed by atoms with van der Waals surface area (Å²) < 4.78 is 5.12. The zero-order chi connectivity index (χ0) is 9.52. The molecule has 0 aliphatic carbocycles. The summed E-state index contributed by atoms with van der Waals surface area (Å²) in [4.78, 5) is 9.94. The Morgan fingerprint density at radius 3 is 2.92 bits per heavy atom. The molecule has 1 aromatic carbocycles. The Hall–Kier alpha value is -1.75. The first-order chi connectivity index (χ1) is 6.38. The van der Waals surface area contributed by atoms with Gasteiger partial charge in [-0.3, -0.25) is 4.79 Å². The van der Waals surface area contributed by atoms with Crippen LogP contribution in [-0.4, -0.2) is 13.4 Å².